The fourth-order valence-corrected chi connectivity index (χ4v) is 2.04. The van der Waals surface area contributed by atoms with Gasteiger partial charge in [0.1, 0.15) is 0 Å². The van der Waals surface area contributed by atoms with Crippen LogP contribution >= 0.6 is 0 Å². The van der Waals surface area contributed by atoms with E-state index in [1.807, 2.05) is 0 Å². The van der Waals surface area contributed by atoms with Crippen molar-refractivity contribution >= 4 is 23.0 Å². The Morgan fingerprint density at radius 2 is 1.38 bits per heavy atom. The summed E-state index contributed by atoms with van der Waals surface area (Å²) < 4.78 is 2.28. The molecule has 0 aromatic heterocycles. The molecule has 0 unspecified atom stereocenters. The Balaban J connectivity index is 2.83. The summed E-state index contributed by atoms with van der Waals surface area (Å²) in [7, 11) is 0. The minimum atomic E-state index is 1.29. The summed E-state index contributed by atoms with van der Waals surface area (Å²) in [5.74, 6) is 0. The quantitative estimate of drug-likeness (QED) is 0.449. The Morgan fingerprint density at radius 3 is 1.92 bits per heavy atom. The number of hydrogen-bond donors (Lipinski definition) is 0. The summed E-state index contributed by atoms with van der Waals surface area (Å²) in [4.78, 5) is 0. The predicted octanol–water partition coefficient (Wildman–Crippen LogP) is 3.66. The van der Waals surface area contributed by atoms with Gasteiger partial charge in [0.15, 0.2) is 0 Å². The molecule has 0 N–H and O–H groups in total. The first-order valence-electron chi connectivity index (χ1n) is 5.78. The van der Waals surface area contributed by atoms with Crippen LogP contribution in [-0.4, -0.2) is 23.0 Å². The van der Waals surface area contributed by atoms with Gasteiger partial charge in [-0.3, -0.25) is 0 Å². The molecule has 0 radical (unpaired) electrons. The van der Waals surface area contributed by atoms with E-state index in [0.29, 0.717) is 0 Å². The summed E-state index contributed by atoms with van der Waals surface area (Å²) in [5.41, 5.74) is 0. The van der Waals surface area contributed by atoms with Gasteiger partial charge in [0.05, 0.1) is 0 Å². The number of rotatable bonds is 9. The number of allylic oxidation sites excluding steroid dienone is 1. The molecular weight excluding hydrogens is 266 g/mol. The first-order valence-corrected chi connectivity index (χ1v) is 7.68. The number of hydrogen-bond acceptors (Lipinski definition) is 0. The molecular formula is C12H25Sb. The molecule has 0 saturated carbocycles. The van der Waals surface area contributed by atoms with Gasteiger partial charge in [0, 0.05) is 0 Å². The molecule has 0 fully saturated rings. The van der Waals surface area contributed by atoms with E-state index in [2.05, 4.69) is 17.0 Å². The van der Waals surface area contributed by atoms with E-state index >= 15 is 0 Å². The van der Waals surface area contributed by atoms with Crippen LogP contribution in [0, 0.1) is 0 Å². The van der Waals surface area contributed by atoms with E-state index in [-0.39, 0.29) is 0 Å². The molecule has 0 saturated heterocycles. The summed E-state index contributed by atoms with van der Waals surface area (Å²) in [5, 5.41) is 0. The maximum absolute atomic E-state index is 2.33. The summed E-state index contributed by atoms with van der Waals surface area (Å²) >= 11 is 1.29. The summed E-state index contributed by atoms with van der Waals surface area (Å²) in [6, 6.07) is 0. The van der Waals surface area contributed by atoms with Crippen molar-refractivity contribution in [2.45, 2.75) is 64.7 Å². The molecule has 0 aliphatic heterocycles. The molecule has 78 valence electrons. The molecule has 0 aromatic rings. The van der Waals surface area contributed by atoms with Crippen molar-refractivity contribution in [2.75, 3.05) is 0 Å². The first kappa shape index (κ1) is 13.6. The van der Waals surface area contributed by atoms with Gasteiger partial charge in [-0.1, -0.05) is 0 Å². The normalized spacial score (nSPS) is 11.2. The van der Waals surface area contributed by atoms with Gasteiger partial charge in [-0.2, -0.15) is 0 Å². The van der Waals surface area contributed by atoms with Crippen LogP contribution in [0.25, 0.3) is 0 Å². The fraction of sp³-hybridized carbons (Fsp3) is 0.833. The van der Waals surface area contributed by atoms with Gasteiger partial charge < -0.3 is 0 Å². The van der Waals surface area contributed by atoms with E-state index in [1.165, 1.54) is 80.8 Å². The zero-order valence-corrected chi connectivity index (χ0v) is 12.4. The van der Waals surface area contributed by atoms with Crippen molar-refractivity contribution < 1.29 is 0 Å². The van der Waals surface area contributed by atoms with Crippen LogP contribution in [0.2, 0.25) is 0 Å². The molecule has 0 heterocycles. The van der Waals surface area contributed by atoms with Gasteiger partial charge in [-0.05, 0) is 0 Å². The van der Waals surface area contributed by atoms with Crippen LogP contribution in [0.15, 0.2) is 10.1 Å². The van der Waals surface area contributed by atoms with Crippen LogP contribution in [0.5, 0.6) is 0 Å². The van der Waals surface area contributed by atoms with Crippen LogP contribution in [0.1, 0.15) is 64.7 Å². The summed E-state index contributed by atoms with van der Waals surface area (Å²) in [6.07, 6.45) is 15.1. The van der Waals surface area contributed by atoms with E-state index in [4.69, 9.17) is 0 Å². The molecule has 1 heteroatoms. The molecule has 0 nitrogen and oxygen atoms in total. The molecule has 0 bridgehead atoms. The van der Waals surface area contributed by atoms with Crippen molar-refractivity contribution in [1.82, 2.24) is 0 Å². The van der Waals surface area contributed by atoms with E-state index in [1.54, 1.807) is 0 Å². The van der Waals surface area contributed by atoms with Gasteiger partial charge in [-0.15, -0.1) is 0 Å². The van der Waals surface area contributed by atoms with Crippen LogP contribution in [0.3, 0.4) is 0 Å². The van der Waals surface area contributed by atoms with Gasteiger partial charge in [0.25, 0.3) is 0 Å². The van der Waals surface area contributed by atoms with E-state index in [0.717, 1.165) is 0 Å². The molecule has 0 atom stereocenters. The van der Waals surface area contributed by atoms with Gasteiger partial charge >= 0.3 is 97.8 Å². The molecule has 0 aliphatic rings. The monoisotopic (exact) mass is 290 g/mol. The zero-order valence-electron chi connectivity index (χ0n) is 9.10. The Bertz CT molecular complexity index is 108. The Hall–Kier alpha value is 0.558. The minimum absolute atomic E-state index is 1.29. The summed E-state index contributed by atoms with van der Waals surface area (Å²) in [6.45, 7) is 2.28. The van der Waals surface area contributed by atoms with Crippen molar-refractivity contribution in [3.05, 3.63) is 10.1 Å². The molecule has 0 spiro atoms. The first-order chi connectivity index (χ1) is 6.41. The third-order valence-corrected chi connectivity index (χ3v) is 3.14. The average molecular weight is 291 g/mol. The maximum atomic E-state index is 2.33. The second-order valence-electron chi connectivity index (χ2n) is 3.69. The fourth-order valence-electron chi connectivity index (χ4n) is 1.49. The third-order valence-electron chi connectivity index (χ3n) is 2.36. The predicted molar refractivity (Wildman–Crippen MR) is 64.9 cm³/mol. The van der Waals surface area contributed by atoms with E-state index < -0.39 is 0 Å². The van der Waals surface area contributed by atoms with Crippen molar-refractivity contribution in [1.29, 1.82) is 0 Å². The zero-order chi connectivity index (χ0) is 9.78. The van der Waals surface area contributed by atoms with Crippen LogP contribution < -0.4 is 0 Å². The van der Waals surface area contributed by atoms with Crippen LogP contribution in [0.4, 0.5) is 0 Å². The average Bonchev–Trinajstić information content (AvgIpc) is 2.16. The molecule has 13 heavy (non-hydrogen) atoms. The second kappa shape index (κ2) is 12.6. The van der Waals surface area contributed by atoms with Gasteiger partial charge in [0.2, 0.25) is 0 Å². The molecule has 0 aliphatic carbocycles. The van der Waals surface area contributed by atoms with Crippen molar-refractivity contribution in [2.24, 2.45) is 0 Å². The van der Waals surface area contributed by atoms with Crippen LogP contribution in [-0.2, 0) is 0 Å². The van der Waals surface area contributed by atoms with Gasteiger partial charge in [-0.25, -0.2) is 0 Å². The molecule has 0 rings (SSSR count). The third kappa shape index (κ3) is 12.6. The SMILES string of the molecule is CCCCCCCCCCC=[CH][SbH2]. The number of unbranched alkanes of at least 4 members (excludes halogenated alkanes) is 8. The molecule has 0 aromatic carbocycles. The Labute approximate surface area is 97.7 Å². The standard InChI is InChI=1S/C12H23.Sb.2H/c1-3-5-7-9-11-12-10-8-6-4-2;;;/h1,3H,4-12H2,2H3;;;. The Morgan fingerprint density at radius 1 is 0.846 bits per heavy atom. The second-order valence-corrected chi connectivity index (χ2v) is 4.79. The van der Waals surface area contributed by atoms with Crippen molar-refractivity contribution in [3.63, 3.8) is 0 Å². The molecule has 0 amide bonds. The Kier molecular flexibility index (Phi) is 13.1. The van der Waals surface area contributed by atoms with Crippen molar-refractivity contribution in [3.8, 4) is 0 Å². The van der Waals surface area contributed by atoms with E-state index in [9.17, 15) is 0 Å². The topological polar surface area (TPSA) is 0 Å².